The number of nitrogens with zero attached hydrogens (tertiary/aromatic N) is 1. The van der Waals surface area contributed by atoms with Gasteiger partial charge in [-0.2, -0.15) is 0 Å². The molecule has 1 aromatic carbocycles. The molecule has 128 valence electrons. The zero-order chi connectivity index (χ0) is 16.8. The summed E-state index contributed by atoms with van der Waals surface area (Å²) < 4.78 is 11.3. The van der Waals surface area contributed by atoms with Gasteiger partial charge in [-0.05, 0) is 17.7 Å². The van der Waals surface area contributed by atoms with Gasteiger partial charge in [0.2, 0.25) is 0 Å². The molecule has 1 heterocycles. The van der Waals surface area contributed by atoms with Crippen LogP contribution in [0.25, 0.3) is 0 Å². The first kappa shape index (κ1) is 18.3. The van der Waals surface area contributed by atoms with Crippen molar-refractivity contribution in [2.45, 2.75) is 12.0 Å². The number of amides is 1. The largest absolute Gasteiger partial charge is 0.465 e. The van der Waals surface area contributed by atoms with Crippen LogP contribution in [-0.2, 0) is 9.47 Å². The van der Waals surface area contributed by atoms with E-state index in [1.54, 1.807) is 12.1 Å². The summed E-state index contributed by atoms with van der Waals surface area (Å²) in [6.07, 6.45) is -1.25. The van der Waals surface area contributed by atoms with Gasteiger partial charge in [0.15, 0.2) is 0 Å². The first-order valence-electron chi connectivity index (χ1n) is 7.35. The number of carboxylic acid groups (broad SMARTS) is 1. The number of nitrogens with two attached hydrogens (primary N) is 1. The predicted octanol–water partition coefficient (Wildman–Crippen LogP) is 2.43. The summed E-state index contributed by atoms with van der Waals surface area (Å²) >= 11 is 12.1. The van der Waals surface area contributed by atoms with Gasteiger partial charge in [0.05, 0.1) is 36.0 Å². The highest BCUT2D eigenvalue weighted by Crippen LogP contribution is 2.31. The molecule has 23 heavy (non-hydrogen) atoms. The van der Waals surface area contributed by atoms with Crippen molar-refractivity contribution in [2.75, 3.05) is 39.5 Å². The number of benzene rings is 1. The summed E-state index contributed by atoms with van der Waals surface area (Å²) in [5, 5.41) is 10.2. The lowest BCUT2D eigenvalue weighted by molar-refractivity contribution is -0.0174. The number of hydrogen-bond donors (Lipinski definition) is 2. The predicted molar refractivity (Wildman–Crippen MR) is 88.4 cm³/mol. The van der Waals surface area contributed by atoms with E-state index in [0.29, 0.717) is 49.5 Å². The molecule has 6 nitrogen and oxygen atoms in total. The number of hydrogen-bond acceptors (Lipinski definition) is 4. The van der Waals surface area contributed by atoms with Crippen LogP contribution >= 0.6 is 23.2 Å². The van der Waals surface area contributed by atoms with Gasteiger partial charge < -0.3 is 25.2 Å². The Morgan fingerprint density at radius 2 is 2.22 bits per heavy atom. The summed E-state index contributed by atoms with van der Waals surface area (Å²) in [7, 11) is 0. The third-order valence-electron chi connectivity index (χ3n) is 3.75. The molecule has 2 unspecified atom stereocenters. The minimum Gasteiger partial charge on any atom is -0.465 e. The fraction of sp³-hybridized carbons (Fsp3) is 0.533. The van der Waals surface area contributed by atoms with E-state index in [0.717, 1.165) is 5.56 Å². The highest BCUT2D eigenvalue weighted by Gasteiger charge is 2.31. The third-order valence-corrected chi connectivity index (χ3v) is 4.48. The number of rotatable bonds is 5. The molecule has 2 rings (SSSR count). The van der Waals surface area contributed by atoms with E-state index in [1.165, 1.54) is 4.90 Å². The van der Waals surface area contributed by atoms with Crippen LogP contribution in [0, 0.1) is 0 Å². The molecule has 1 aromatic rings. The Hall–Kier alpha value is -1.05. The molecule has 1 aliphatic heterocycles. The lowest BCUT2D eigenvalue weighted by Crippen LogP contribution is -2.36. The maximum atomic E-state index is 11.3. The first-order valence-corrected chi connectivity index (χ1v) is 8.10. The molecule has 1 fully saturated rings. The molecule has 0 bridgehead atoms. The molecule has 1 amide bonds. The lowest BCUT2D eigenvalue weighted by Gasteiger charge is -2.27. The van der Waals surface area contributed by atoms with Gasteiger partial charge in [-0.3, -0.25) is 0 Å². The standard InChI is InChI=1S/C15H20Cl2N2O4/c16-12-2-1-10(7-13(12)17)11-8-19(15(20)21)4-6-23-14(11)9-22-5-3-18/h1-2,7,11,14H,3-6,8-9,18H2,(H,20,21). The van der Waals surface area contributed by atoms with Gasteiger partial charge in [0.25, 0.3) is 0 Å². The fourth-order valence-corrected chi connectivity index (χ4v) is 2.87. The molecule has 0 spiro atoms. The Kier molecular flexibility index (Phi) is 6.92. The Bertz CT molecular complexity index is 544. The lowest BCUT2D eigenvalue weighted by atomic mass is 9.93. The molecular formula is C15H20Cl2N2O4. The van der Waals surface area contributed by atoms with Crippen molar-refractivity contribution in [1.29, 1.82) is 0 Å². The van der Waals surface area contributed by atoms with Crippen LogP contribution in [-0.4, -0.2) is 61.7 Å². The molecule has 1 saturated heterocycles. The van der Waals surface area contributed by atoms with Gasteiger partial charge in [-0.25, -0.2) is 4.79 Å². The van der Waals surface area contributed by atoms with Crippen LogP contribution < -0.4 is 5.73 Å². The van der Waals surface area contributed by atoms with Crippen LogP contribution in [0.5, 0.6) is 0 Å². The van der Waals surface area contributed by atoms with Crippen molar-refractivity contribution >= 4 is 29.3 Å². The Morgan fingerprint density at radius 1 is 1.43 bits per heavy atom. The first-order chi connectivity index (χ1) is 11.0. The van der Waals surface area contributed by atoms with Crippen LogP contribution in [0.1, 0.15) is 11.5 Å². The number of ether oxygens (including phenoxy) is 2. The van der Waals surface area contributed by atoms with Crippen molar-refractivity contribution in [2.24, 2.45) is 5.73 Å². The second-order valence-electron chi connectivity index (χ2n) is 5.28. The average molecular weight is 363 g/mol. The average Bonchev–Trinajstić information content (AvgIpc) is 2.73. The monoisotopic (exact) mass is 362 g/mol. The molecule has 1 aliphatic rings. The van der Waals surface area contributed by atoms with Gasteiger partial charge in [0, 0.05) is 25.6 Å². The van der Waals surface area contributed by atoms with Crippen LogP contribution in [0.2, 0.25) is 10.0 Å². The normalized spacial score (nSPS) is 22.0. The molecule has 2 atom stereocenters. The van der Waals surface area contributed by atoms with Crippen molar-refractivity contribution in [1.82, 2.24) is 4.90 Å². The molecule has 0 aliphatic carbocycles. The van der Waals surface area contributed by atoms with Crippen LogP contribution in [0.4, 0.5) is 4.79 Å². The highest BCUT2D eigenvalue weighted by atomic mass is 35.5. The van der Waals surface area contributed by atoms with E-state index in [1.807, 2.05) is 6.07 Å². The minimum absolute atomic E-state index is 0.193. The van der Waals surface area contributed by atoms with Crippen molar-refractivity contribution in [3.63, 3.8) is 0 Å². The maximum Gasteiger partial charge on any atom is 0.407 e. The van der Waals surface area contributed by atoms with Crippen molar-refractivity contribution in [3.8, 4) is 0 Å². The fourth-order valence-electron chi connectivity index (χ4n) is 2.56. The molecule has 0 radical (unpaired) electrons. The molecule has 8 heteroatoms. The summed E-state index contributed by atoms with van der Waals surface area (Å²) in [4.78, 5) is 12.7. The van der Waals surface area contributed by atoms with E-state index >= 15 is 0 Å². The Balaban J connectivity index is 2.23. The van der Waals surface area contributed by atoms with E-state index in [9.17, 15) is 9.90 Å². The number of carbonyl (C=O) groups is 1. The number of halogens is 2. The van der Waals surface area contributed by atoms with E-state index in [-0.39, 0.29) is 12.0 Å². The zero-order valence-electron chi connectivity index (χ0n) is 12.6. The zero-order valence-corrected chi connectivity index (χ0v) is 14.1. The molecular weight excluding hydrogens is 343 g/mol. The summed E-state index contributed by atoms with van der Waals surface area (Å²) in [5.41, 5.74) is 6.30. The van der Waals surface area contributed by atoms with Gasteiger partial charge >= 0.3 is 6.09 Å². The SMILES string of the molecule is NCCOCC1OCCN(C(=O)O)CC1c1ccc(Cl)c(Cl)c1. The topological polar surface area (TPSA) is 85.0 Å². The minimum atomic E-state index is -0.970. The third kappa shape index (κ3) is 4.96. The second kappa shape index (κ2) is 8.70. The Labute approximate surface area is 145 Å². The summed E-state index contributed by atoms with van der Waals surface area (Å²) in [6, 6.07) is 5.29. The Morgan fingerprint density at radius 3 is 2.87 bits per heavy atom. The van der Waals surface area contributed by atoms with Gasteiger partial charge in [-0.15, -0.1) is 0 Å². The summed E-state index contributed by atoms with van der Waals surface area (Å²) in [6.45, 7) is 2.14. The van der Waals surface area contributed by atoms with Gasteiger partial charge in [0.1, 0.15) is 0 Å². The van der Waals surface area contributed by atoms with E-state index in [2.05, 4.69) is 0 Å². The maximum absolute atomic E-state index is 11.3. The summed E-state index contributed by atoms with van der Waals surface area (Å²) in [5.74, 6) is -0.193. The quantitative estimate of drug-likeness (QED) is 0.785. The van der Waals surface area contributed by atoms with Gasteiger partial charge in [-0.1, -0.05) is 29.3 Å². The van der Waals surface area contributed by atoms with E-state index in [4.69, 9.17) is 38.4 Å². The smallest absolute Gasteiger partial charge is 0.407 e. The molecule has 0 aromatic heterocycles. The second-order valence-corrected chi connectivity index (χ2v) is 6.10. The van der Waals surface area contributed by atoms with Crippen molar-refractivity contribution in [3.05, 3.63) is 33.8 Å². The molecule has 3 N–H and O–H groups in total. The highest BCUT2D eigenvalue weighted by molar-refractivity contribution is 6.42. The van der Waals surface area contributed by atoms with Crippen LogP contribution in [0.3, 0.4) is 0 Å². The van der Waals surface area contributed by atoms with E-state index < -0.39 is 6.09 Å². The molecule has 0 saturated carbocycles. The van der Waals surface area contributed by atoms with Crippen LogP contribution in [0.15, 0.2) is 18.2 Å². The van der Waals surface area contributed by atoms with Crippen molar-refractivity contribution < 1.29 is 19.4 Å².